The Kier molecular flexibility index (Phi) is 7.11. The molecule has 0 saturated heterocycles. The van der Waals surface area contributed by atoms with Crippen molar-refractivity contribution in [2.75, 3.05) is 18.5 Å². The predicted molar refractivity (Wildman–Crippen MR) is 100 cm³/mol. The van der Waals surface area contributed by atoms with Crippen molar-refractivity contribution in [1.82, 2.24) is 0 Å². The second-order valence-corrected chi connectivity index (χ2v) is 5.98. The molecule has 0 atom stereocenters. The van der Waals surface area contributed by atoms with E-state index in [1.54, 1.807) is 19.2 Å². The van der Waals surface area contributed by atoms with Crippen molar-refractivity contribution < 1.29 is 23.9 Å². The molecule has 0 fully saturated rings. The van der Waals surface area contributed by atoms with Gasteiger partial charge in [0.15, 0.2) is 6.61 Å². The highest BCUT2D eigenvalue weighted by atomic mass is 32.1. The normalized spacial score (nSPS) is 10.5. The zero-order chi connectivity index (χ0) is 18.9. The maximum Gasteiger partial charge on any atom is 0.341 e. The molecule has 6 nitrogen and oxygen atoms in total. The summed E-state index contributed by atoms with van der Waals surface area (Å²) in [5.41, 5.74) is 1.80. The maximum absolute atomic E-state index is 12.4. The zero-order valence-electron chi connectivity index (χ0n) is 14.5. The molecule has 2 aromatic rings. The van der Waals surface area contributed by atoms with Crippen LogP contribution in [0, 0.1) is 0 Å². The topological polar surface area (TPSA) is 81.7 Å². The van der Waals surface area contributed by atoms with E-state index in [1.807, 2.05) is 30.3 Å². The van der Waals surface area contributed by atoms with Crippen molar-refractivity contribution in [3.05, 3.63) is 53.4 Å². The molecule has 0 aliphatic carbocycles. The van der Waals surface area contributed by atoms with Crippen LogP contribution in [-0.4, -0.2) is 31.1 Å². The maximum atomic E-state index is 12.4. The number of hydrogen-bond donors (Lipinski definition) is 1. The lowest BCUT2D eigenvalue weighted by atomic mass is 10.0. The van der Waals surface area contributed by atoms with Crippen molar-refractivity contribution >= 4 is 34.2 Å². The number of ether oxygens (including phenoxy) is 2. The first-order chi connectivity index (χ1) is 12.6. The number of allylic oxidation sites excluding steroid dienone is 1. The van der Waals surface area contributed by atoms with Gasteiger partial charge in [0, 0.05) is 17.0 Å². The third-order valence-electron chi connectivity index (χ3n) is 3.26. The Balaban J connectivity index is 2.22. The minimum Gasteiger partial charge on any atom is -0.462 e. The molecule has 0 spiro atoms. The number of rotatable bonds is 7. The van der Waals surface area contributed by atoms with Crippen LogP contribution < -0.4 is 5.32 Å². The van der Waals surface area contributed by atoms with Crippen LogP contribution >= 0.6 is 11.3 Å². The van der Waals surface area contributed by atoms with Gasteiger partial charge in [-0.1, -0.05) is 36.4 Å². The number of carbonyl (C=O) groups excluding carboxylic acids is 3. The summed E-state index contributed by atoms with van der Waals surface area (Å²) in [5, 5.41) is 4.75. The molecule has 0 saturated carbocycles. The molecular formula is C19H19NO5S. The summed E-state index contributed by atoms with van der Waals surface area (Å²) in [6.45, 7) is 3.16. The van der Waals surface area contributed by atoms with Gasteiger partial charge in [-0.2, -0.15) is 0 Å². The van der Waals surface area contributed by atoms with Crippen molar-refractivity contribution in [2.45, 2.75) is 13.8 Å². The average Bonchev–Trinajstić information content (AvgIpc) is 3.05. The predicted octanol–water partition coefficient (Wildman–Crippen LogP) is 3.65. The number of amides is 1. The molecule has 1 heterocycles. The molecule has 2 rings (SSSR count). The number of nitrogens with one attached hydrogen (secondary N) is 1. The molecule has 1 N–H and O–H groups in total. The molecule has 0 aliphatic rings. The summed E-state index contributed by atoms with van der Waals surface area (Å²) in [4.78, 5) is 35.7. The van der Waals surface area contributed by atoms with Crippen LogP contribution in [0.4, 0.5) is 5.00 Å². The highest BCUT2D eigenvalue weighted by molar-refractivity contribution is 7.15. The van der Waals surface area contributed by atoms with Crippen LogP contribution in [0.5, 0.6) is 0 Å². The van der Waals surface area contributed by atoms with E-state index in [0.29, 0.717) is 10.6 Å². The van der Waals surface area contributed by atoms with E-state index < -0.39 is 24.5 Å². The van der Waals surface area contributed by atoms with Crippen LogP contribution in [-0.2, 0) is 19.1 Å². The van der Waals surface area contributed by atoms with Gasteiger partial charge < -0.3 is 14.8 Å². The molecule has 0 bridgehead atoms. The summed E-state index contributed by atoms with van der Waals surface area (Å²) in [5.74, 6) is -1.66. The quantitative estimate of drug-likeness (QED) is 0.592. The van der Waals surface area contributed by atoms with Gasteiger partial charge in [-0.25, -0.2) is 9.59 Å². The number of esters is 2. The van der Waals surface area contributed by atoms with Gasteiger partial charge >= 0.3 is 11.9 Å². The molecule has 1 aromatic heterocycles. The summed E-state index contributed by atoms with van der Waals surface area (Å²) in [7, 11) is 0. The van der Waals surface area contributed by atoms with Gasteiger partial charge in [-0.05, 0) is 19.4 Å². The number of carbonyl (C=O) groups is 3. The highest BCUT2D eigenvalue weighted by Crippen LogP contribution is 2.36. The van der Waals surface area contributed by atoms with Crippen molar-refractivity contribution in [1.29, 1.82) is 0 Å². The van der Waals surface area contributed by atoms with Crippen LogP contribution in [0.25, 0.3) is 11.1 Å². The fourth-order valence-corrected chi connectivity index (χ4v) is 3.14. The third kappa shape index (κ3) is 5.03. The number of benzene rings is 1. The third-order valence-corrected chi connectivity index (χ3v) is 4.15. The molecule has 7 heteroatoms. The minimum atomic E-state index is -0.607. The Morgan fingerprint density at radius 3 is 2.54 bits per heavy atom. The fraction of sp³-hybridized carbons (Fsp3) is 0.211. The van der Waals surface area contributed by atoms with Crippen molar-refractivity contribution in [3.63, 3.8) is 0 Å². The van der Waals surface area contributed by atoms with Gasteiger partial charge in [-0.15, -0.1) is 11.3 Å². The Morgan fingerprint density at radius 2 is 1.88 bits per heavy atom. The second kappa shape index (κ2) is 9.53. The van der Waals surface area contributed by atoms with E-state index in [4.69, 9.17) is 9.47 Å². The Bertz CT molecular complexity index is 811. The lowest BCUT2D eigenvalue weighted by molar-refractivity contribution is -0.142. The summed E-state index contributed by atoms with van der Waals surface area (Å²) < 4.78 is 9.93. The standard InChI is InChI=1S/C19H19NO5S/c1-3-8-16(22)25-11-15(21)20-18-17(19(23)24-4-2)14(12-26-18)13-9-6-5-7-10-13/h3,5-10,12H,4,11H2,1-2H3,(H,20,21)/b8-3+. The Labute approximate surface area is 155 Å². The second-order valence-electron chi connectivity index (χ2n) is 5.10. The van der Waals surface area contributed by atoms with E-state index in [9.17, 15) is 14.4 Å². The molecular weight excluding hydrogens is 354 g/mol. The van der Waals surface area contributed by atoms with Crippen LogP contribution in [0.2, 0.25) is 0 Å². The average molecular weight is 373 g/mol. The number of anilines is 1. The molecule has 0 radical (unpaired) electrons. The van der Waals surface area contributed by atoms with E-state index >= 15 is 0 Å². The SMILES string of the molecule is C/C=C/C(=O)OCC(=O)Nc1scc(-c2ccccc2)c1C(=O)OCC. The Morgan fingerprint density at radius 1 is 1.15 bits per heavy atom. The van der Waals surface area contributed by atoms with E-state index in [1.165, 1.54) is 23.5 Å². The first-order valence-corrected chi connectivity index (χ1v) is 8.88. The van der Waals surface area contributed by atoms with Crippen LogP contribution in [0.1, 0.15) is 24.2 Å². The number of hydrogen-bond acceptors (Lipinski definition) is 6. The lowest BCUT2D eigenvalue weighted by Crippen LogP contribution is -2.21. The van der Waals surface area contributed by atoms with Gasteiger partial charge in [0.25, 0.3) is 5.91 Å². The molecule has 26 heavy (non-hydrogen) atoms. The summed E-state index contributed by atoms with van der Waals surface area (Å²) in [6, 6.07) is 9.34. The van der Waals surface area contributed by atoms with Gasteiger partial charge in [-0.3, -0.25) is 4.79 Å². The van der Waals surface area contributed by atoms with Crippen molar-refractivity contribution in [3.8, 4) is 11.1 Å². The molecule has 1 aromatic carbocycles. The lowest BCUT2D eigenvalue weighted by Gasteiger charge is -2.09. The first kappa shape index (κ1) is 19.4. The zero-order valence-corrected chi connectivity index (χ0v) is 15.3. The van der Waals surface area contributed by atoms with Crippen LogP contribution in [0.3, 0.4) is 0 Å². The van der Waals surface area contributed by atoms with E-state index in [2.05, 4.69) is 5.32 Å². The largest absolute Gasteiger partial charge is 0.462 e. The monoisotopic (exact) mass is 373 g/mol. The first-order valence-electron chi connectivity index (χ1n) is 8.00. The smallest absolute Gasteiger partial charge is 0.341 e. The van der Waals surface area contributed by atoms with Crippen LogP contribution in [0.15, 0.2) is 47.9 Å². The minimum absolute atomic E-state index is 0.220. The van der Waals surface area contributed by atoms with E-state index in [-0.39, 0.29) is 12.2 Å². The molecule has 136 valence electrons. The number of thiophene rings is 1. The highest BCUT2D eigenvalue weighted by Gasteiger charge is 2.22. The molecule has 0 unspecified atom stereocenters. The Hall–Kier alpha value is -2.93. The van der Waals surface area contributed by atoms with Gasteiger partial charge in [0.05, 0.1) is 6.61 Å². The fourth-order valence-electron chi connectivity index (χ4n) is 2.17. The molecule has 0 aliphatic heterocycles. The van der Waals surface area contributed by atoms with E-state index in [0.717, 1.165) is 5.56 Å². The summed E-state index contributed by atoms with van der Waals surface area (Å²) >= 11 is 1.21. The summed E-state index contributed by atoms with van der Waals surface area (Å²) in [6.07, 6.45) is 2.74. The van der Waals surface area contributed by atoms with Gasteiger partial charge in [0.2, 0.25) is 0 Å². The molecule has 1 amide bonds. The van der Waals surface area contributed by atoms with Gasteiger partial charge in [0.1, 0.15) is 10.6 Å². The van der Waals surface area contributed by atoms with Crippen molar-refractivity contribution in [2.24, 2.45) is 0 Å².